The van der Waals surface area contributed by atoms with Crippen LogP contribution in [0.3, 0.4) is 0 Å². The summed E-state index contributed by atoms with van der Waals surface area (Å²) in [5, 5.41) is 3.39. The summed E-state index contributed by atoms with van der Waals surface area (Å²) in [7, 11) is 0. The number of benzene rings is 1. The van der Waals surface area contributed by atoms with Gasteiger partial charge in [-0.1, -0.05) is 26.0 Å². The van der Waals surface area contributed by atoms with Crippen LogP contribution in [0.1, 0.15) is 53.1 Å². The molecule has 1 aromatic heterocycles. The number of esters is 1. The number of hydrogen-bond donors (Lipinski definition) is 1. The van der Waals surface area contributed by atoms with Gasteiger partial charge in [0.05, 0.1) is 12.2 Å². The standard InChI is InChI=1S/C22H24FNO3S/c1-3-12-27-22(26)20-17-10-4-14(2)13-18(17)28-21(20)24-19(25)11-7-15-5-8-16(23)9-6-15/h5-9,11,14H,3-4,10,12-13H2,1-2H3,(H,24,25)/b11-7+. The topological polar surface area (TPSA) is 55.4 Å². The Morgan fingerprint density at radius 1 is 1.32 bits per heavy atom. The Hall–Kier alpha value is -2.47. The van der Waals surface area contributed by atoms with Gasteiger partial charge in [0.1, 0.15) is 10.8 Å². The highest BCUT2D eigenvalue weighted by Crippen LogP contribution is 2.40. The number of halogens is 1. The minimum absolute atomic E-state index is 0.324. The van der Waals surface area contributed by atoms with E-state index in [1.165, 1.54) is 29.5 Å². The predicted octanol–water partition coefficient (Wildman–Crippen LogP) is 5.23. The SMILES string of the molecule is CCCOC(=O)c1c(NC(=O)/C=C/c2ccc(F)cc2)sc2c1CCC(C)C2. The molecular weight excluding hydrogens is 377 g/mol. The molecule has 148 valence electrons. The molecule has 2 aromatic rings. The van der Waals surface area contributed by atoms with Crippen molar-refractivity contribution in [3.8, 4) is 0 Å². The maximum absolute atomic E-state index is 13.0. The molecule has 6 heteroatoms. The van der Waals surface area contributed by atoms with Gasteiger partial charge in [-0.25, -0.2) is 9.18 Å². The van der Waals surface area contributed by atoms with Gasteiger partial charge in [-0.3, -0.25) is 4.79 Å². The van der Waals surface area contributed by atoms with Crippen LogP contribution >= 0.6 is 11.3 Å². The highest BCUT2D eigenvalue weighted by molar-refractivity contribution is 7.17. The fourth-order valence-electron chi connectivity index (χ4n) is 3.22. The maximum Gasteiger partial charge on any atom is 0.341 e. The summed E-state index contributed by atoms with van der Waals surface area (Å²) < 4.78 is 18.3. The molecule has 1 aromatic carbocycles. The second kappa shape index (κ2) is 9.15. The van der Waals surface area contributed by atoms with Crippen LogP contribution in [0.15, 0.2) is 30.3 Å². The first-order valence-electron chi connectivity index (χ1n) is 9.54. The molecule has 1 N–H and O–H groups in total. The molecule has 1 aliphatic rings. The lowest BCUT2D eigenvalue weighted by Gasteiger charge is -2.18. The molecule has 1 heterocycles. The molecular formula is C22H24FNO3S. The van der Waals surface area contributed by atoms with Crippen LogP contribution in [0.25, 0.3) is 6.08 Å². The fourth-order valence-corrected chi connectivity index (χ4v) is 4.62. The fraction of sp³-hybridized carbons (Fsp3) is 0.364. The molecule has 0 aliphatic heterocycles. The Balaban J connectivity index is 1.80. The zero-order valence-corrected chi connectivity index (χ0v) is 16.9. The highest BCUT2D eigenvalue weighted by atomic mass is 32.1. The van der Waals surface area contributed by atoms with Gasteiger partial charge in [0.25, 0.3) is 0 Å². The molecule has 0 saturated heterocycles. The van der Waals surface area contributed by atoms with E-state index in [9.17, 15) is 14.0 Å². The Bertz CT molecular complexity index is 886. The van der Waals surface area contributed by atoms with Crippen molar-refractivity contribution in [2.24, 2.45) is 5.92 Å². The molecule has 0 bridgehead atoms. The van der Waals surface area contributed by atoms with E-state index in [0.29, 0.717) is 23.1 Å². The number of amides is 1. The van der Waals surface area contributed by atoms with Gasteiger partial charge < -0.3 is 10.1 Å². The van der Waals surface area contributed by atoms with E-state index >= 15 is 0 Å². The van der Waals surface area contributed by atoms with Crippen molar-refractivity contribution >= 4 is 34.3 Å². The molecule has 1 amide bonds. The Morgan fingerprint density at radius 3 is 2.79 bits per heavy atom. The van der Waals surface area contributed by atoms with Crippen LogP contribution in [0, 0.1) is 11.7 Å². The average Bonchev–Trinajstić information content (AvgIpc) is 3.02. The van der Waals surface area contributed by atoms with Crippen molar-refractivity contribution in [3.63, 3.8) is 0 Å². The van der Waals surface area contributed by atoms with E-state index in [1.54, 1.807) is 18.2 Å². The van der Waals surface area contributed by atoms with Crippen LogP contribution in [-0.2, 0) is 22.4 Å². The van der Waals surface area contributed by atoms with Gasteiger partial charge >= 0.3 is 5.97 Å². The monoisotopic (exact) mass is 401 g/mol. The first-order valence-corrected chi connectivity index (χ1v) is 10.4. The third kappa shape index (κ3) is 4.87. The van der Waals surface area contributed by atoms with E-state index < -0.39 is 0 Å². The minimum Gasteiger partial charge on any atom is -0.462 e. The Morgan fingerprint density at radius 2 is 2.07 bits per heavy atom. The maximum atomic E-state index is 13.0. The smallest absolute Gasteiger partial charge is 0.341 e. The number of fused-ring (bicyclic) bond motifs is 1. The lowest BCUT2D eigenvalue weighted by Crippen LogP contribution is -2.16. The van der Waals surface area contributed by atoms with Gasteiger partial charge in [0.15, 0.2) is 0 Å². The van der Waals surface area contributed by atoms with Crippen LogP contribution < -0.4 is 5.32 Å². The quantitative estimate of drug-likeness (QED) is 0.533. The number of thiophene rings is 1. The lowest BCUT2D eigenvalue weighted by molar-refractivity contribution is -0.111. The third-order valence-electron chi connectivity index (χ3n) is 4.69. The van der Waals surface area contributed by atoms with Crippen LogP contribution in [0.5, 0.6) is 0 Å². The molecule has 4 nitrogen and oxygen atoms in total. The van der Waals surface area contributed by atoms with E-state index in [0.717, 1.165) is 41.7 Å². The van der Waals surface area contributed by atoms with Gasteiger partial charge in [-0.15, -0.1) is 11.3 Å². The average molecular weight is 402 g/mol. The summed E-state index contributed by atoms with van der Waals surface area (Å²) in [6.45, 7) is 4.50. The molecule has 0 radical (unpaired) electrons. The molecule has 28 heavy (non-hydrogen) atoms. The largest absolute Gasteiger partial charge is 0.462 e. The summed E-state index contributed by atoms with van der Waals surface area (Å²) in [6, 6.07) is 5.87. The number of nitrogens with one attached hydrogen (secondary N) is 1. The summed E-state index contributed by atoms with van der Waals surface area (Å²) >= 11 is 1.46. The van der Waals surface area contributed by atoms with Crippen LogP contribution in [0.4, 0.5) is 9.39 Å². The van der Waals surface area contributed by atoms with Gasteiger partial charge in [-0.05, 0) is 60.9 Å². The molecule has 1 unspecified atom stereocenters. The van der Waals surface area contributed by atoms with Crippen LogP contribution in [0.2, 0.25) is 0 Å². The van der Waals surface area contributed by atoms with Crippen molar-refractivity contribution in [1.29, 1.82) is 0 Å². The number of hydrogen-bond acceptors (Lipinski definition) is 4. The predicted molar refractivity (Wildman–Crippen MR) is 110 cm³/mol. The third-order valence-corrected chi connectivity index (χ3v) is 5.86. The second-order valence-corrected chi connectivity index (χ2v) is 8.17. The number of ether oxygens (including phenoxy) is 1. The van der Waals surface area contributed by atoms with Crippen molar-refractivity contribution in [3.05, 3.63) is 57.7 Å². The lowest BCUT2D eigenvalue weighted by atomic mass is 9.88. The number of rotatable bonds is 6. The summed E-state index contributed by atoms with van der Waals surface area (Å²) in [4.78, 5) is 26.2. The molecule has 3 rings (SSSR count). The number of carbonyl (C=O) groups excluding carboxylic acids is 2. The second-order valence-electron chi connectivity index (χ2n) is 7.07. The highest BCUT2D eigenvalue weighted by Gasteiger charge is 2.28. The number of anilines is 1. The van der Waals surface area contributed by atoms with Gasteiger partial charge in [0.2, 0.25) is 5.91 Å². The molecule has 0 saturated carbocycles. The first kappa shape index (κ1) is 20.3. The number of carbonyl (C=O) groups is 2. The summed E-state index contributed by atoms with van der Waals surface area (Å²) in [6.07, 6.45) is 6.50. The molecule has 0 fully saturated rings. The summed E-state index contributed by atoms with van der Waals surface area (Å²) in [5.41, 5.74) is 2.24. The normalized spacial score (nSPS) is 16.0. The van der Waals surface area contributed by atoms with E-state index in [-0.39, 0.29) is 17.7 Å². The van der Waals surface area contributed by atoms with Gasteiger partial charge in [-0.2, -0.15) is 0 Å². The van der Waals surface area contributed by atoms with Crippen molar-refractivity contribution < 1.29 is 18.7 Å². The van der Waals surface area contributed by atoms with Crippen molar-refractivity contribution in [2.75, 3.05) is 11.9 Å². The minimum atomic E-state index is -0.369. The van der Waals surface area contributed by atoms with E-state index in [2.05, 4.69) is 12.2 Å². The zero-order chi connectivity index (χ0) is 20.1. The molecule has 0 spiro atoms. The Labute approximate surface area is 168 Å². The zero-order valence-electron chi connectivity index (χ0n) is 16.1. The van der Waals surface area contributed by atoms with Crippen LogP contribution in [-0.4, -0.2) is 18.5 Å². The molecule has 1 aliphatic carbocycles. The molecule has 1 atom stereocenters. The summed E-state index contributed by atoms with van der Waals surface area (Å²) in [5.74, 6) is -0.463. The van der Waals surface area contributed by atoms with E-state index in [1.807, 2.05) is 6.92 Å². The van der Waals surface area contributed by atoms with Crippen molar-refractivity contribution in [1.82, 2.24) is 0 Å². The Kier molecular flexibility index (Phi) is 6.62. The van der Waals surface area contributed by atoms with Crippen molar-refractivity contribution in [2.45, 2.75) is 39.5 Å². The van der Waals surface area contributed by atoms with E-state index in [4.69, 9.17) is 4.74 Å². The first-order chi connectivity index (χ1) is 13.5. The van der Waals surface area contributed by atoms with Gasteiger partial charge in [0, 0.05) is 11.0 Å².